The van der Waals surface area contributed by atoms with Crippen LogP contribution in [0.5, 0.6) is 5.75 Å². The number of carbonyl (C=O) groups excluding carboxylic acids is 2. The molecule has 3 aromatic rings. The third kappa shape index (κ3) is 12.3. The minimum Gasteiger partial charge on any atom is -0.495 e. The predicted molar refractivity (Wildman–Crippen MR) is 156 cm³/mol. The predicted octanol–water partition coefficient (Wildman–Crippen LogP) is 7.18. The topological polar surface area (TPSA) is 99.4 Å². The Morgan fingerprint density at radius 3 is 2.03 bits per heavy atom. The van der Waals surface area contributed by atoms with E-state index in [1.165, 1.54) is 36.8 Å². The number of Topliss-reactive ketones (excluding diaryl/α,β-unsaturated/α-hetero) is 1. The van der Waals surface area contributed by atoms with Gasteiger partial charge in [0.05, 0.1) is 24.4 Å². The van der Waals surface area contributed by atoms with Crippen LogP contribution in [0.3, 0.4) is 0 Å². The summed E-state index contributed by atoms with van der Waals surface area (Å²) in [6, 6.07) is 25.7. The second kappa shape index (κ2) is 21.2. The Bertz CT molecular complexity index is 1070. The fourth-order valence-electron chi connectivity index (χ4n) is 3.86. The van der Waals surface area contributed by atoms with E-state index in [1.807, 2.05) is 61.4 Å². The molecular formula is C32H42N2O4. The van der Waals surface area contributed by atoms with Gasteiger partial charge in [0.1, 0.15) is 12.5 Å². The molecule has 0 saturated carbocycles. The summed E-state index contributed by atoms with van der Waals surface area (Å²) in [5.74, 6) is 1.46. The van der Waals surface area contributed by atoms with Crippen molar-refractivity contribution in [2.45, 2.75) is 58.9 Å². The van der Waals surface area contributed by atoms with Crippen molar-refractivity contribution in [2.24, 2.45) is 0 Å². The second-order valence-corrected chi connectivity index (χ2v) is 8.32. The van der Waals surface area contributed by atoms with E-state index in [0.717, 1.165) is 24.1 Å². The highest BCUT2D eigenvalue weighted by atomic mass is 16.5. The molecule has 0 spiro atoms. The van der Waals surface area contributed by atoms with Crippen molar-refractivity contribution in [3.63, 3.8) is 0 Å². The van der Waals surface area contributed by atoms with Crippen molar-refractivity contribution in [1.29, 1.82) is 5.26 Å². The highest BCUT2D eigenvalue weighted by Gasteiger charge is 2.09. The highest BCUT2D eigenvalue weighted by molar-refractivity contribution is 5.95. The number of hydrogen-bond acceptors (Lipinski definition) is 6. The van der Waals surface area contributed by atoms with Gasteiger partial charge in [-0.3, -0.25) is 4.79 Å². The summed E-state index contributed by atoms with van der Waals surface area (Å²) < 4.78 is 5.29. The number of aliphatic hydroxyl groups excluding tert-OH is 1. The molecule has 0 aliphatic rings. The van der Waals surface area contributed by atoms with Gasteiger partial charge in [-0.15, -0.1) is 0 Å². The molecule has 0 saturated heterocycles. The number of hydrogen-bond donors (Lipinski definition) is 2. The summed E-state index contributed by atoms with van der Waals surface area (Å²) in [5, 5.41) is 19.0. The lowest BCUT2D eigenvalue weighted by molar-refractivity contribution is -0.0980. The summed E-state index contributed by atoms with van der Waals surface area (Å²) in [6.45, 7) is 8.71. The fraction of sp³-hybridized carbons (Fsp3) is 0.344. The Kier molecular flexibility index (Phi) is 19.0. The maximum Gasteiger partial charge on any atom is 0.159 e. The van der Waals surface area contributed by atoms with Crippen LogP contribution in [-0.4, -0.2) is 31.9 Å². The smallest absolute Gasteiger partial charge is 0.159 e. The maximum absolute atomic E-state index is 11.4. The van der Waals surface area contributed by atoms with Gasteiger partial charge in [-0.2, -0.15) is 5.26 Å². The SMILES string of the molecule is C=O.CCCC(CCC)c1ccc(C#N)cc1.CO.COc1ccc(C(C)=O)cc1NCc1ccccc1. The molecule has 2 N–H and O–H groups in total. The zero-order chi connectivity index (χ0) is 28.8. The number of nitrogens with zero attached hydrogens (tertiary/aromatic N) is 1. The molecule has 0 radical (unpaired) electrons. The van der Waals surface area contributed by atoms with E-state index >= 15 is 0 Å². The lowest BCUT2D eigenvalue weighted by atomic mass is 9.90. The number of ether oxygens (including phenoxy) is 1. The van der Waals surface area contributed by atoms with E-state index in [0.29, 0.717) is 18.0 Å². The monoisotopic (exact) mass is 518 g/mol. The van der Waals surface area contributed by atoms with Crippen LogP contribution in [0, 0.1) is 11.3 Å². The molecule has 0 heterocycles. The van der Waals surface area contributed by atoms with E-state index in [4.69, 9.17) is 19.9 Å². The van der Waals surface area contributed by atoms with Crippen molar-refractivity contribution < 1.29 is 19.4 Å². The third-order valence-electron chi connectivity index (χ3n) is 5.72. The van der Waals surface area contributed by atoms with E-state index in [9.17, 15) is 4.79 Å². The quantitative estimate of drug-likeness (QED) is 0.276. The lowest BCUT2D eigenvalue weighted by Gasteiger charge is -2.15. The number of nitriles is 1. The summed E-state index contributed by atoms with van der Waals surface area (Å²) in [5.41, 5.74) is 4.83. The van der Waals surface area contributed by atoms with Crippen LogP contribution in [0.1, 0.15) is 79.4 Å². The molecular weight excluding hydrogens is 476 g/mol. The number of benzene rings is 3. The Morgan fingerprint density at radius 1 is 0.974 bits per heavy atom. The number of methoxy groups -OCH3 is 1. The molecule has 204 valence electrons. The van der Waals surface area contributed by atoms with Crippen LogP contribution in [0.4, 0.5) is 5.69 Å². The standard InChI is InChI=1S/C16H17NO2.C14H19N.CH4O.CH2O/c1-12(18)14-8-9-16(19-2)15(10-14)17-11-13-6-4-3-5-7-13;1-3-5-13(6-4-2)14-9-7-12(11-15)8-10-14;2*1-2/h3-10,17H,11H2,1-2H3;7-10,13H,3-6H2,1-2H3;2H,1H3;1H2. The van der Waals surface area contributed by atoms with E-state index in [2.05, 4.69) is 37.4 Å². The first kappa shape index (κ1) is 34.0. The first-order valence-corrected chi connectivity index (χ1v) is 12.7. The van der Waals surface area contributed by atoms with Gasteiger partial charge in [-0.05, 0) is 67.1 Å². The molecule has 0 aromatic heterocycles. The molecule has 6 heteroatoms. The summed E-state index contributed by atoms with van der Waals surface area (Å²) in [6.07, 6.45) is 4.95. The van der Waals surface area contributed by atoms with Crippen molar-refractivity contribution in [1.82, 2.24) is 0 Å². The van der Waals surface area contributed by atoms with E-state index < -0.39 is 0 Å². The van der Waals surface area contributed by atoms with Gasteiger partial charge >= 0.3 is 0 Å². The normalized spacial score (nSPS) is 9.32. The second-order valence-electron chi connectivity index (χ2n) is 8.32. The molecule has 0 atom stereocenters. The molecule has 3 rings (SSSR count). The van der Waals surface area contributed by atoms with Gasteiger partial charge in [0, 0.05) is 19.2 Å². The molecule has 3 aromatic carbocycles. The Balaban J connectivity index is 0.000000651. The highest BCUT2D eigenvalue weighted by Crippen LogP contribution is 2.27. The van der Waals surface area contributed by atoms with Crippen molar-refractivity contribution >= 4 is 18.3 Å². The molecule has 0 amide bonds. The number of rotatable bonds is 10. The largest absolute Gasteiger partial charge is 0.495 e. The Morgan fingerprint density at radius 2 is 1.55 bits per heavy atom. The molecule has 38 heavy (non-hydrogen) atoms. The maximum atomic E-state index is 11.4. The van der Waals surface area contributed by atoms with Gasteiger partial charge in [0.15, 0.2) is 5.78 Å². The molecule has 0 fully saturated rings. The summed E-state index contributed by atoms with van der Waals surface area (Å²) in [4.78, 5) is 19.4. The average molecular weight is 519 g/mol. The van der Waals surface area contributed by atoms with Crippen molar-refractivity contribution in [3.05, 3.63) is 95.1 Å². The first-order chi connectivity index (χ1) is 18.5. The van der Waals surface area contributed by atoms with Crippen molar-refractivity contribution in [3.8, 4) is 11.8 Å². The van der Waals surface area contributed by atoms with Crippen LogP contribution in [0.2, 0.25) is 0 Å². The number of carbonyl (C=O) groups is 2. The Hall–Kier alpha value is -3.95. The first-order valence-electron chi connectivity index (χ1n) is 12.7. The van der Waals surface area contributed by atoms with Crippen molar-refractivity contribution in [2.75, 3.05) is 19.5 Å². The summed E-state index contributed by atoms with van der Waals surface area (Å²) >= 11 is 0. The van der Waals surface area contributed by atoms with Crippen LogP contribution in [0.25, 0.3) is 0 Å². The third-order valence-corrected chi connectivity index (χ3v) is 5.72. The van der Waals surface area contributed by atoms with Crippen LogP contribution in [0.15, 0.2) is 72.8 Å². The van der Waals surface area contributed by atoms with Gasteiger partial charge in [-0.1, -0.05) is 69.2 Å². The lowest BCUT2D eigenvalue weighted by Crippen LogP contribution is -2.03. The molecule has 0 bridgehead atoms. The number of nitrogens with one attached hydrogen (secondary N) is 1. The van der Waals surface area contributed by atoms with Gasteiger partial charge < -0.3 is 20.0 Å². The van der Waals surface area contributed by atoms with Gasteiger partial charge in [0.25, 0.3) is 0 Å². The molecule has 0 aliphatic carbocycles. The number of aliphatic hydroxyl groups is 1. The fourth-order valence-corrected chi connectivity index (χ4v) is 3.86. The number of anilines is 1. The zero-order valence-electron chi connectivity index (χ0n) is 23.4. The average Bonchev–Trinajstić information content (AvgIpc) is 2.98. The minimum atomic E-state index is 0.0467. The van der Waals surface area contributed by atoms with E-state index in [1.54, 1.807) is 20.1 Å². The van der Waals surface area contributed by atoms with E-state index in [-0.39, 0.29) is 5.78 Å². The van der Waals surface area contributed by atoms with Crippen LogP contribution >= 0.6 is 0 Å². The van der Waals surface area contributed by atoms with Gasteiger partial charge in [-0.25, -0.2) is 0 Å². The molecule has 6 nitrogen and oxygen atoms in total. The van der Waals surface area contributed by atoms with Crippen LogP contribution < -0.4 is 10.1 Å². The Labute approximate surface area is 228 Å². The zero-order valence-corrected chi connectivity index (χ0v) is 23.4. The van der Waals surface area contributed by atoms with Gasteiger partial charge in [0.2, 0.25) is 0 Å². The minimum absolute atomic E-state index is 0.0467. The summed E-state index contributed by atoms with van der Waals surface area (Å²) in [7, 11) is 2.62. The molecule has 0 unspecified atom stereocenters. The number of ketones is 1. The molecule has 0 aliphatic heterocycles. The van der Waals surface area contributed by atoms with Crippen LogP contribution in [-0.2, 0) is 11.3 Å².